The van der Waals surface area contributed by atoms with E-state index >= 15 is 0 Å². The summed E-state index contributed by atoms with van der Waals surface area (Å²) in [5, 5.41) is 12.3. The van der Waals surface area contributed by atoms with Gasteiger partial charge in [0.1, 0.15) is 6.04 Å². The zero-order chi connectivity index (χ0) is 9.80. The molecule has 2 heteroatoms. The van der Waals surface area contributed by atoms with Gasteiger partial charge in [0, 0.05) is 5.69 Å². The Labute approximate surface area is 84.6 Å². The zero-order valence-electron chi connectivity index (χ0n) is 8.11. The first-order chi connectivity index (χ1) is 6.90. The van der Waals surface area contributed by atoms with Crippen LogP contribution < -0.4 is 5.32 Å². The molecule has 72 valence electrons. The van der Waals surface area contributed by atoms with Crippen LogP contribution in [0.15, 0.2) is 30.3 Å². The van der Waals surface area contributed by atoms with Crippen LogP contribution in [-0.4, -0.2) is 6.04 Å². The molecule has 0 spiro atoms. The molecule has 1 unspecified atom stereocenters. The lowest BCUT2D eigenvalue weighted by atomic mass is 9.80. The fraction of sp³-hybridized carbons (Fsp3) is 0.417. The molecule has 0 saturated heterocycles. The summed E-state index contributed by atoms with van der Waals surface area (Å²) in [7, 11) is 0. The molecule has 0 heterocycles. The third-order valence-corrected chi connectivity index (χ3v) is 2.86. The van der Waals surface area contributed by atoms with Gasteiger partial charge in [0.15, 0.2) is 0 Å². The molecule has 1 N–H and O–H groups in total. The molecule has 2 rings (SSSR count). The van der Waals surface area contributed by atoms with Gasteiger partial charge in [0.05, 0.1) is 6.07 Å². The molecule has 1 aromatic carbocycles. The van der Waals surface area contributed by atoms with Gasteiger partial charge >= 0.3 is 0 Å². The van der Waals surface area contributed by atoms with E-state index in [2.05, 4.69) is 11.4 Å². The Balaban J connectivity index is 1.98. The summed E-state index contributed by atoms with van der Waals surface area (Å²) in [6, 6.07) is 12.3. The predicted octanol–water partition coefficient (Wildman–Crippen LogP) is 2.79. The molecule has 1 fully saturated rings. The van der Waals surface area contributed by atoms with Crippen molar-refractivity contribution in [3.63, 3.8) is 0 Å². The molecule has 1 aliphatic carbocycles. The molecule has 1 aliphatic rings. The van der Waals surface area contributed by atoms with Crippen molar-refractivity contribution in [2.45, 2.75) is 25.3 Å². The monoisotopic (exact) mass is 186 g/mol. The van der Waals surface area contributed by atoms with Crippen LogP contribution in [0.25, 0.3) is 0 Å². The average Bonchev–Trinajstić information content (AvgIpc) is 2.15. The zero-order valence-corrected chi connectivity index (χ0v) is 8.11. The van der Waals surface area contributed by atoms with E-state index in [0.717, 1.165) is 5.69 Å². The van der Waals surface area contributed by atoms with Crippen LogP contribution in [0, 0.1) is 17.2 Å². The van der Waals surface area contributed by atoms with E-state index in [1.54, 1.807) is 0 Å². The molecule has 14 heavy (non-hydrogen) atoms. The van der Waals surface area contributed by atoms with Gasteiger partial charge in [0.25, 0.3) is 0 Å². The Kier molecular flexibility index (Phi) is 2.69. The maximum Gasteiger partial charge on any atom is 0.117 e. The molecular weight excluding hydrogens is 172 g/mol. The lowest BCUT2D eigenvalue weighted by molar-refractivity contribution is 0.303. The third kappa shape index (κ3) is 1.88. The van der Waals surface area contributed by atoms with Crippen LogP contribution in [0.4, 0.5) is 5.69 Å². The molecule has 0 aliphatic heterocycles. The third-order valence-electron chi connectivity index (χ3n) is 2.86. The second-order valence-corrected chi connectivity index (χ2v) is 3.81. The van der Waals surface area contributed by atoms with Gasteiger partial charge in [0.2, 0.25) is 0 Å². The number of benzene rings is 1. The Bertz CT molecular complexity index is 322. The van der Waals surface area contributed by atoms with E-state index in [1.807, 2.05) is 30.3 Å². The van der Waals surface area contributed by atoms with Gasteiger partial charge in [-0.25, -0.2) is 0 Å². The highest BCUT2D eigenvalue weighted by Gasteiger charge is 2.26. The summed E-state index contributed by atoms with van der Waals surface area (Å²) in [6.07, 6.45) is 3.66. The first-order valence-corrected chi connectivity index (χ1v) is 5.11. The molecule has 0 aromatic heterocycles. The van der Waals surface area contributed by atoms with Crippen LogP contribution in [0.3, 0.4) is 0 Å². The second kappa shape index (κ2) is 4.15. The summed E-state index contributed by atoms with van der Waals surface area (Å²) < 4.78 is 0. The average molecular weight is 186 g/mol. The lowest BCUT2D eigenvalue weighted by Gasteiger charge is -2.30. The van der Waals surface area contributed by atoms with Crippen molar-refractivity contribution in [3.05, 3.63) is 30.3 Å². The first kappa shape index (κ1) is 9.08. The molecular formula is C12H14N2. The molecule has 1 saturated carbocycles. The first-order valence-electron chi connectivity index (χ1n) is 5.11. The van der Waals surface area contributed by atoms with Crippen molar-refractivity contribution < 1.29 is 0 Å². The highest BCUT2D eigenvalue weighted by Crippen LogP contribution is 2.30. The molecule has 1 aromatic rings. The highest BCUT2D eigenvalue weighted by molar-refractivity contribution is 5.45. The maximum absolute atomic E-state index is 9.01. The molecule has 1 atom stereocenters. The smallest absolute Gasteiger partial charge is 0.117 e. The van der Waals surface area contributed by atoms with E-state index in [1.165, 1.54) is 19.3 Å². The van der Waals surface area contributed by atoms with E-state index in [4.69, 9.17) is 5.26 Å². The Morgan fingerprint density at radius 2 is 2.00 bits per heavy atom. The van der Waals surface area contributed by atoms with E-state index < -0.39 is 0 Å². The maximum atomic E-state index is 9.01. The normalized spacial score (nSPS) is 17.9. The number of nitrogens with zero attached hydrogens (tertiary/aromatic N) is 1. The standard InChI is InChI=1S/C12H14N2/c13-9-12(10-5-4-6-10)14-11-7-2-1-3-8-11/h1-3,7-8,10,12,14H,4-6H2. The van der Waals surface area contributed by atoms with Crippen LogP contribution in [-0.2, 0) is 0 Å². The van der Waals surface area contributed by atoms with Crippen molar-refractivity contribution in [2.75, 3.05) is 5.32 Å². The molecule has 0 bridgehead atoms. The minimum Gasteiger partial charge on any atom is -0.370 e. The van der Waals surface area contributed by atoms with Crippen molar-refractivity contribution in [2.24, 2.45) is 5.92 Å². The fourth-order valence-electron chi connectivity index (χ4n) is 1.74. The van der Waals surface area contributed by atoms with Gasteiger partial charge in [-0.2, -0.15) is 5.26 Å². The largest absolute Gasteiger partial charge is 0.370 e. The molecule has 0 amide bonds. The van der Waals surface area contributed by atoms with E-state index in [-0.39, 0.29) is 6.04 Å². The van der Waals surface area contributed by atoms with Gasteiger partial charge in [-0.1, -0.05) is 24.6 Å². The number of para-hydroxylation sites is 1. The van der Waals surface area contributed by atoms with E-state index in [0.29, 0.717) is 5.92 Å². The predicted molar refractivity (Wildman–Crippen MR) is 56.8 cm³/mol. The Hall–Kier alpha value is -1.49. The van der Waals surface area contributed by atoms with Gasteiger partial charge in [-0.05, 0) is 30.9 Å². The van der Waals surface area contributed by atoms with Crippen LogP contribution >= 0.6 is 0 Å². The number of hydrogen-bond donors (Lipinski definition) is 1. The molecule has 0 radical (unpaired) electrons. The number of rotatable bonds is 3. The number of anilines is 1. The van der Waals surface area contributed by atoms with Crippen LogP contribution in [0.2, 0.25) is 0 Å². The molecule has 2 nitrogen and oxygen atoms in total. The van der Waals surface area contributed by atoms with Crippen LogP contribution in [0.1, 0.15) is 19.3 Å². The van der Waals surface area contributed by atoms with Crippen molar-refractivity contribution in [1.82, 2.24) is 0 Å². The van der Waals surface area contributed by atoms with Crippen molar-refractivity contribution >= 4 is 5.69 Å². The SMILES string of the molecule is N#CC(Nc1ccccc1)C1CCC1. The second-order valence-electron chi connectivity index (χ2n) is 3.81. The van der Waals surface area contributed by atoms with Gasteiger partial charge in [-0.15, -0.1) is 0 Å². The topological polar surface area (TPSA) is 35.8 Å². The van der Waals surface area contributed by atoms with Gasteiger partial charge in [-0.3, -0.25) is 0 Å². The fourth-order valence-corrected chi connectivity index (χ4v) is 1.74. The summed E-state index contributed by atoms with van der Waals surface area (Å²) in [5.41, 5.74) is 1.05. The number of hydrogen-bond acceptors (Lipinski definition) is 2. The van der Waals surface area contributed by atoms with Crippen molar-refractivity contribution in [3.8, 4) is 6.07 Å². The summed E-state index contributed by atoms with van der Waals surface area (Å²) in [6.45, 7) is 0. The summed E-state index contributed by atoms with van der Waals surface area (Å²) in [4.78, 5) is 0. The Morgan fingerprint density at radius 1 is 1.29 bits per heavy atom. The lowest BCUT2D eigenvalue weighted by Crippen LogP contribution is -2.32. The summed E-state index contributed by atoms with van der Waals surface area (Å²) >= 11 is 0. The van der Waals surface area contributed by atoms with Crippen molar-refractivity contribution in [1.29, 1.82) is 5.26 Å². The van der Waals surface area contributed by atoms with Crippen LogP contribution in [0.5, 0.6) is 0 Å². The highest BCUT2D eigenvalue weighted by atomic mass is 14.9. The minimum absolute atomic E-state index is 0.00819. The van der Waals surface area contributed by atoms with Gasteiger partial charge < -0.3 is 5.32 Å². The quantitative estimate of drug-likeness (QED) is 0.787. The van der Waals surface area contributed by atoms with E-state index in [9.17, 15) is 0 Å². The minimum atomic E-state index is -0.00819. The Morgan fingerprint density at radius 3 is 2.50 bits per heavy atom. The summed E-state index contributed by atoms with van der Waals surface area (Å²) in [5.74, 6) is 0.556. The number of nitrogens with one attached hydrogen (secondary N) is 1. The number of nitriles is 1.